The van der Waals surface area contributed by atoms with Gasteiger partial charge in [-0.05, 0) is 38.8 Å². The Bertz CT molecular complexity index is 189. The molecular formula is C14H30N2. The molecule has 0 amide bonds. The van der Waals surface area contributed by atoms with Crippen LogP contribution < -0.4 is 5.32 Å². The van der Waals surface area contributed by atoms with E-state index in [4.69, 9.17) is 0 Å². The van der Waals surface area contributed by atoms with E-state index in [1.807, 2.05) is 0 Å². The monoisotopic (exact) mass is 226 g/mol. The summed E-state index contributed by atoms with van der Waals surface area (Å²) in [5.41, 5.74) is 0. The summed E-state index contributed by atoms with van der Waals surface area (Å²) in [4.78, 5) is 2.49. The second-order valence-corrected chi connectivity index (χ2v) is 5.70. The van der Waals surface area contributed by atoms with Gasteiger partial charge in [0.1, 0.15) is 0 Å². The summed E-state index contributed by atoms with van der Waals surface area (Å²) >= 11 is 0. The summed E-state index contributed by atoms with van der Waals surface area (Å²) in [6, 6.07) is 1.46. The molecular weight excluding hydrogens is 196 g/mol. The average Bonchev–Trinajstić information content (AvgIpc) is 2.26. The van der Waals surface area contributed by atoms with Crippen LogP contribution >= 0.6 is 0 Å². The fourth-order valence-electron chi connectivity index (χ4n) is 2.72. The highest BCUT2D eigenvalue weighted by atomic mass is 15.2. The zero-order valence-electron chi connectivity index (χ0n) is 11.8. The lowest BCUT2D eigenvalue weighted by molar-refractivity contribution is 0.119. The molecule has 0 aromatic heterocycles. The Morgan fingerprint density at radius 1 is 1.25 bits per heavy atom. The number of hydrogen-bond acceptors (Lipinski definition) is 2. The lowest BCUT2D eigenvalue weighted by Crippen LogP contribution is -2.51. The van der Waals surface area contributed by atoms with Gasteiger partial charge in [-0.2, -0.15) is 0 Å². The van der Waals surface area contributed by atoms with E-state index in [0.29, 0.717) is 0 Å². The molecule has 1 saturated heterocycles. The van der Waals surface area contributed by atoms with Gasteiger partial charge >= 0.3 is 0 Å². The Balaban J connectivity index is 2.36. The Labute approximate surface area is 102 Å². The smallest absolute Gasteiger partial charge is 0.0120 e. The number of hydrogen-bond donors (Lipinski definition) is 1. The van der Waals surface area contributed by atoms with Crippen molar-refractivity contribution in [3.05, 3.63) is 0 Å². The van der Waals surface area contributed by atoms with Crippen LogP contribution in [0.2, 0.25) is 0 Å². The minimum Gasteiger partial charge on any atom is -0.313 e. The van der Waals surface area contributed by atoms with Crippen molar-refractivity contribution in [3.63, 3.8) is 0 Å². The Morgan fingerprint density at radius 2 is 1.88 bits per heavy atom. The van der Waals surface area contributed by atoms with E-state index >= 15 is 0 Å². The van der Waals surface area contributed by atoms with Crippen LogP contribution in [0.1, 0.15) is 47.0 Å². The lowest BCUT2D eigenvalue weighted by Gasteiger charge is -2.40. The van der Waals surface area contributed by atoms with Crippen LogP contribution in [0.25, 0.3) is 0 Å². The molecule has 0 aliphatic carbocycles. The van der Waals surface area contributed by atoms with Gasteiger partial charge < -0.3 is 10.2 Å². The number of nitrogens with one attached hydrogen (secondary N) is 1. The van der Waals surface area contributed by atoms with Gasteiger partial charge in [0.15, 0.2) is 0 Å². The number of rotatable bonds is 5. The van der Waals surface area contributed by atoms with Crippen molar-refractivity contribution in [1.29, 1.82) is 0 Å². The lowest BCUT2D eigenvalue weighted by atomic mass is 9.89. The van der Waals surface area contributed by atoms with Crippen LogP contribution in [0.4, 0.5) is 0 Å². The van der Waals surface area contributed by atoms with Gasteiger partial charge in [-0.25, -0.2) is 0 Å². The van der Waals surface area contributed by atoms with E-state index in [1.165, 1.54) is 32.4 Å². The third-order valence-corrected chi connectivity index (χ3v) is 4.43. The molecule has 2 heteroatoms. The van der Waals surface area contributed by atoms with Gasteiger partial charge in [0.2, 0.25) is 0 Å². The largest absolute Gasteiger partial charge is 0.313 e. The second-order valence-electron chi connectivity index (χ2n) is 5.70. The van der Waals surface area contributed by atoms with Gasteiger partial charge in [-0.15, -0.1) is 0 Å². The fraction of sp³-hybridized carbons (Fsp3) is 1.00. The van der Waals surface area contributed by atoms with Gasteiger partial charge in [-0.3, -0.25) is 0 Å². The normalized spacial score (nSPS) is 32.2. The molecule has 0 saturated carbocycles. The highest BCUT2D eigenvalue weighted by Crippen LogP contribution is 2.21. The van der Waals surface area contributed by atoms with Crippen molar-refractivity contribution in [3.8, 4) is 0 Å². The summed E-state index contributed by atoms with van der Waals surface area (Å²) in [5, 5.41) is 3.80. The van der Waals surface area contributed by atoms with E-state index in [0.717, 1.165) is 23.9 Å². The van der Waals surface area contributed by atoms with Crippen molar-refractivity contribution in [2.24, 2.45) is 11.8 Å². The van der Waals surface area contributed by atoms with E-state index in [1.54, 1.807) is 0 Å². The molecule has 1 heterocycles. The third kappa shape index (κ3) is 3.74. The average molecular weight is 226 g/mol. The van der Waals surface area contributed by atoms with Crippen molar-refractivity contribution >= 4 is 0 Å². The van der Waals surface area contributed by atoms with Gasteiger partial charge in [0.25, 0.3) is 0 Å². The third-order valence-electron chi connectivity index (χ3n) is 4.43. The molecule has 0 radical (unpaired) electrons. The molecule has 0 aromatic carbocycles. The molecule has 1 aliphatic heterocycles. The van der Waals surface area contributed by atoms with Gasteiger partial charge in [0, 0.05) is 18.6 Å². The maximum absolute atomic E-state index is 3.80. The van der Waals surface area contributed by atoms with E-state index in [-0.39, 0.29) is 0 Å². The molecule has 96 valence electrons. The number of nitrogens with zero attached hydrogens (tertiary/aromatic N) is 1. The van der Waals surface area contributed by atoms with Crippen molar-refractivity contribution < 1.29 is 0 Å². The molecule has 0 bridgehead atoms. The highest BCUT2D eigenvalue weighted by molar-refractivity contribution is 4.86. The first-order chi connectivity index (χ1) is 7.58. The first-order valence-corrected chi connectivity index (χ1v) is 7.02. The minimum atomic E-state index is 0.729. The summed E-state index contributed by atoms with van der Waals surface area (Å²) < 4.78 is 0. The Hall–Kier alpha value is -0.0800. The molecule has 1 rings (SSSR count). The predicted octanol–water partition coefficient (Wildman–Crippen LogP) is 2.74. The number of piperidine rings is 1. The number of likely N-dealkylation sites (tertiary alicyclic amines) is 1. The fourth-order valence-corrected chi connectivity index (χ4v) is 2.72. The molecule has 0 aromatic rings. The molecule has 0 spiro atoms. The van der Waals surface area contributed by atoms with E-state index in [9.17, 15) is 0 Å². The first kappa shape index (κ1) is 14.0. The van der Waals surface area contributed by atoms with Crippen molar-refractivity contribution in [2.75, 3.05) is 20.1 Å². The summed E-state index contributed by atoms with van der Waals surface area (Å²) in [6.07, 6.45) is 3.91. The summed E-state index contributed by atoms with van der Waals surface area (Å²) in [6.45, 7) is 11.8. The second kappa shape index (κ2) is 6.61. The quantitative estimate of drug-likeness (QED) is 0.775. The van der Waals surface area contributed by atoms with Crippen LogP contribution in [0.3, 0.4) is 0 Å². The minimum absolute atomic E-state index is 0.729. The highest BCUT2D eigenvalue weighted by Gasteiger charge is 2.28. The van der Waals surface area contributed by atoms with Crippen LogP contribution in [0.15, 0.2) is 0 Å². The van der Waals surface area contributed by atoms with E-state index in [2.05, 4.69) is 45.0 Å². The maximum atomic E-state index is 3.80. The molecule has 1 fully saturated rings. The van der Waals surface area contributed by atoms with Crippen molar-refractivity contribution in [2.45, 2.75) is 59.0 Å². The summed E-state index contributed by atoms with van der Waals surface area (Å²) in [5.74, 6) is 1.65. The Kier molecular flexibility index (Phi) is 5.77. The molecule has 1 aliphatic rings. The molecule has 3 unspecified atom stereocenters. The van der Waals surface area contributed by atoms with Gasteiger partial charge in [-0.1, -0.05) is 33.6 Å². The maximum Gasteiger partial charge on any atom is 0.0120 e. The standard InChI is InChI=1S/C14H30N2/c1-6-13(7-2)9-15-14-8-12(4)16(5)10-11(14)3/h11-15H,6-10H2,1-5H3. The van der Waals surface area contributed by atoms with Crippen molar-refractivity contribution in [1.82, 2.24) is 10.2 Å². The zero-order valence-corrected chi connectivity index (χ0v) is 11.8. The van der Waals surface area contributed by atoms with Crippen LogP contribution in [-0.4, -0.2) is 37.1 Å². The first-order valence-electron chi connectivity index (χ1n) is 7.02. The molecule has 16 heavy (non-hydrogen) atoms. The van der Waals surface area contributed by atoms with Crippen LogP contribution in [0, 0.1) is 11.8 Å². The molecule has 3 atom stereocenters. The zero-order chi connectivity index (χ0) is 12.1. The molecule has 2 nitrogen and oxygen atoms in total. The predicted molar refractivity (Wildman–Crippen MR) is 71.7 cm³/mol. The SMILES string of the molecule is CCC(CC)CNC1CC(C)N(C)CC1C. The molecule has 1 N–H and O–H groups in total. The topological polar surface area (TPSA) is 15.3 Å². The van der Waals surface area contributed by atoms with Crippen LogP contribution in [-0.2, 0) is 0 Å². The summed E-state index contributed by atoms with van der Waals surface area (Å²) in [7, 11) is 2.25. The van der Waals surface area contributed by atoms with Gasteiger partial charge in [0.05, 0.1) is 0 Å². The van der Waals surface area contributed by atoms with Crippen LogP contribution in [0.5, 0.6) is 0 Å². The van der Waals surface area contributed by atoms with E-state index < -0.39 is 0 Å². The Morgan fingerprint density at radius 3 is 2.44 bits per heavy atom.